The molecule has 0 amide bonds. The number of rotatable bonds is 2. The molecule has 0 unspecified atom stereocenters. The molecular formula is C13H22O. The first kappa shape index (κ1) is 11.4. The lowest BCUT2D eigenvalue weighted by Gasteiger charge is -2.35. The van der Waals surface area contributed by atoms with Crippen molar-refractivity contribution in [3.05, 3.63) is 0 Å². The fourth-order valence-electron chi connectivity index (χ4n) is 2.38. The molecule has 0 saturated heterocycles. The second-order valence-electron chi connectivity index (χ2n) is 4.83. The lowest BCUT2D eigenvalue weighted by atomic mass is 9.75. The summed E-state index contributed by atoms with van der Waals surface area (Å²) in [5, 5.41) is 0. The maximum atomic E-state index is 5.62. The van der Waals surface area contributed by atoms with Gasteiger partial charge in [-0.3, -0.25) is 0 Å². The maximum absolute atomic E-state index is 5.62. The third-order valence-electron chi connectivity index (χ3n) is 3.27. The Morgan fingerprint density at radius 3 is 2.57 bits per heavy atom. The second-order valence-corrected chi connectivity index (χ2v) is 4.83. The molecule has 1 saturated carbocycles. The van der Waals surface area contributed by atoms with Crippen molar-refractivity contribution in [2.75, 3.05) is 0 Å². The summed E-state index contributed by atoms with van der Waals surface area (Å²) in [5.41, 5.74) is 0. The Bertz CT molecular complexity index is 221. The third kappa shape index (κ3) is 2.94. The van der Waals surface area contributed by atoms with Gasteiger partial charge in [0, 0.05) is 6.92 Å². The summed E-state index contributed by atoms with van der Waals surface area (Å²) in [6, 6.07) is 0. The first-order chi connectivity index (χ1) is 6.65. The van der Waals surface area contributed by atoms with Gasteiger partial charge in [-0.25, -0.2) is 0 Å². The van der Waals surface area contributed by atoms with Crippen molar-refractivity contribution in [3.8, 4) is 12.0 Å². The molecule has 1 aliphatic carbocycles. The summed E-state index contributed by atoms with van der Waals surface area (Å²) in [7, 11) is 0. The van der Waals surface area contributed by atoms with Crippen LogP contribution in [0.3, 0.4) is 0 Å². The summed E-state index contributed by atoms with van der Waals surface area (Å²) in [6.45, 7) is 8.72. The van der Waals surface area contributed by atoms with Crippen LogP contribution in [0.5, 0.6) is 0 Å². The van der Waals surface area contributed by atoms with E-state index in [1.54, 1.807) is 0 Å². The molecule has 0 aromatic carbocycles. The first-order valence-corrected chi connectivity index (χ1v) is 5.72. The Morgan fingerprint density at radius 2 is 2.00 bits per heavy atom. The maximum Gasteiger partial charge on any atom is 0.114 e. The van der Waals surface area contributed by atoms with Crippen LogP contribution in [0.1, 0.15) is 47.0 Å². The van der Waals surface area contributed by atoms with Gasteiger partial charge in [-0.2, -0.15) is 0 Å². The van der Waals surface area contributed by atoms with Gasteiger partial charge in [-0.1, -0.05) is 33.1 Å². The molecule has 0 aliphatic heterocycles. The van der Waals surface area contributed by atoms with Crippen molar-refractivity contribution in [1.82, 2.24) is 0 Å². The van der Waals surface area contributed by atoms with Gasteiger partial charge in [0.15, 0.2) is 0 Å². The Morgan fingerprint density at radius 1 is 1.29 bits per heavy atom. The predicted molar refractivity (Wildman–Crippen MR) is 59.7 cm³/mol. The highest BCUT2D eigenvalue weighted by atomic mass is 16.5. The van der Waals surface area contributed by atoms with Crippen molar-refractivity contribution in [2.45, 2.75) is 53.1 Å². The van der Waals surface area contributed by atoms with E-state index < -0.39 is 0 Å². The van der Waals surface area contributed by atoms with Crippen molar-refractivity contribution < 1.29 is 4.74 Å². The van der Waals surface area contributed by atoms with E-state index in [0.717, 1.165) is 5.92 Å². The molecule has 0 bridgehead atoms. The average molecular weight is 194 g/mol. The van der Waals surface area contributed by atoms with Crippen LogP contribution in [0.2, 0.25) is 0 Å². The quantitative estimate of drug-likeness (QED) is 0.612. The molecule has 3 atom stereocenters. The largest absolute Gasteiger partial charge is 0.443 e. The van der Waals surface area contributed by atoms with Gasteiger partial charge in [0.25, 0.3) is 0 Å². The molecule has 14 heavy (non-hydrogen) atoms. The van der Waals surface area contributed by atoms with E-state index in [4.69, 9.17) is 4.74 Å². The van der Waals surface area contributed by atoms with Gasteiger partial charge in [-0.15, -0.1) is 0 Å². The molecule has 1 heteroatoms. The monoisotopic (exact) mass is 194 g/mol. The molecule has 0 radical (unpaired) electrons. The van der Waals surface area contributed by atoms with Gasteiger partial charge >= 0.3 is 0 Å². The van der Waals surface area contributed by atoms with Crippen LogP contribution in [-0.2, 0) is 4.74 Å². The van der Waals surface area contributed by atoms with Crippen LogP contribution in [0.4, 0.5) is 0 Å². The molecule has 1 aliphatic rings. The zero-order valence-corrected chi connectivity index (χ0v) is 9.84. The van der Waals surface area contributed by atoms with E-state index in [-0.39, 0.29) is 0 Å². The van der Waals surface area contributed by atoms with Gasteiger partial charge in [0.1, 0.15) is 12.2 Å². The molecule has 0 spiro atoms. The van der Waals surface area contributed by atoms with Crippen LogP contribution in [0.25, 0.3) is 0 Å². The summed E-state index contributed by atoms with van der Waals surface area (Å²) in [6.07, 6.45) is 6.97. The van der Waals surface area contributed by atoms with Crippen molar-refractivity contribution in [1.29, 1.82) is 0 Å². The van der Waals surface area contributed by atoms with Gasteiger partial charge < -0.3 is 4.74 Å². The minimum absolute atomic E-state index is 0.367. The summed E-state index contributed by atoms with van der Waals surface area (Å²) >= 11 is 0. The summed E-state index contributed by atoms with van der Waals surface area (Å²) in [4.78, 5) is 0. The first-order valence-electron chi connectivity index (χ1n) is 5.72. The highest BCUT2D eigenvalue weighted by Gasteiger charge is 2.31. The predicted octanol–water partition coefficient (Wildman–Crippen LogP) is 3.44. The Labute approximate surface area is 88.2 Å². The van der Waals surface area contributed by atoms with E-state index in [0.29, 0.717) is 17.9 Å². The Balaban J connectivity index is 2.57. The highest BCUT2D eigenvalue weighted by Crippen LogP contribution is 2.34. The topological polar surface area (TPSA) is 9.23 Å². The van der Waals surface area contributed by atoms with Crippen molar-refractivity contribution in [2.24, 2.45) is 17.8 Å². The summed E-state index contributed by atoms with van der Waals surface area (Å²) in [5.74, 6) is 5.03. The van der Waals surface area contributed by atoms with E-state index in [2.05, 4.69) is 32.8 Å². The summed E-state index contributed by atoms with van der Waals surface area (Å²) < 4.78 is 5.62. The molecule has 0 aromatic rings. The molecule has 1 fully saturated rings. The lowest BCUT2D eigenvalue weighted by molar-refractivity contribution is 0.0252. The average Bonchev–Trinajstić information content (AvgIpc) is 2.14. The molecule has 0 aromatic heterocycles. The van der Waals surface area contributed by atoms with Crippen LogP contribution < -0.4 is 0 Å². The minimum atomic E-state index is 0.367. The molecular weight excluding hydrogens is 172 g/mol. The SMILES string of the molecule is CC#CO[C@@H]1C[C@H](C)CC[C@H]1C(C)C. The van der Waals surface area contributed by atoms with E-state index in [1.807, 2.05) is 6.92 Å². The normalized spacial score (nSPS) is 32.2. The Hall–Kier alpha value is -0.640. The highest BCUT2D eigenvalue weighted by molar-refractivity contribution is 4.90. The van der Waals surface area contributed by atoms with Crippen molar-refractivity contribution in [3.63, 3.8) is 0 Å². The van der Waals surface area contributed by atoms with Crippen LogP contribution in [0.15, 0.2) is 0 Å². The van der Waals surface area contributed by atoms with Crippen LogP contribution in [-0.4, -0.2) is 6.10 Å². The molecule has 1 rings (SSSR count). The second kappa shape index (κ2) is 5.29. The fraction of sp³-hybridized carbons (Fsp3) is 0.846. The van der Waals surface area contributed by atoms with Gasteiger partial charge in [0.05, 0.1) is 0 Å². The Kier molecular flexibility index (Phi) is 4.32. The standard InChI is InChI=1S/C13H22O/c1-5-8-14-13-9-11(4)6-7-12(13)10(2)3/h10-13H,6-7,9H2,1-4H3/t11-,12+,13-/m1/s1. The molecule has 80 valence electrons. The lowest BCUT2D eigenvalue weighted by Crippen LogP contribution is -2.33. The fourth-order valence-corrected chi connectivity index (χ4v) is 2.38. The van der Waals surface area contributed by atoms with Gasteiger partial charge in [0.2, 0.25) is 0 Å². The number of ether oxygens (including phenoxy) is 1. The smallest absolute Gasteiger partial charge is 0.114 e. The van der Waals surface area contributed by atoms with Gasteiger partial charge in [-0.05, 0) is 30.6 Å². The van der Waals surface area contributed by atoms with Crippen molar-refractivity contribution >= 4 is 0 Å². The zero-order chi connectivity index (χ0) is 10.6. The van der Waals surface area contributed by atoms with E-state index >= 15 is 0 Å². The van der Waals surface area contributed by atoms with E-state index in [1.165, 1.54) is 19.3 Å². The number of hydrogen-bond acceptors (Lipinski definition) is 1. The van der Waals surface area contributed by atoms with E-state index in [9.17, 15) is 0 Å². The minimum Gasteiger partial charge on any atom is -0.443 e. The molecule has 0 N–H and O–H groups in total. The van der Waals surface area contributed by atoms with Crippen LogP contribution in [0, 0.1) is 29.8 Å². The van der Waals surface area contributed by atoms with Crippen LogP contribution >= 0.6 is 0 Å². The zero-order valence-electron chi connectivity index (χ0n) is 9.84. The number of hydrogen-bond donors (Lipinski definition) is 0. The molecule has 1 nitrogen and oxygen atoms in total. The molecule has 0 heterocycles. The third-order valence-corrected chi connectivity index (χ3v) is 3.27.